The smallest absolute Gasteiger partial charge is 0.294 e. The largest absolute Gasteiger partial charge is 0.354 e. The summed E-state index contributed by atoms with van der Waals surface area (Å²) in [6.45, 7) is -0.153. The average Bonchev–Trinajstić information content (AvgIpc) is 2.38. The molecule has 0 fully saturated rings. The summed E-state index contributed by atoms with van der Waals surface area (Å²) in [6, 6.07) is 0. The van der Waals surface area contributed by atoms with E-state index in [-0.39, 0.29) is 6.54 Å². The maximum absolute atomic E-state index is 13.1. The molecule has 9 nitrogen and oxygen atoms in total. The number of nitrogens with one attached hydrogen (secondary N) is 1. The second kappa shape index (κ2) is 8.34. The molecule has 1 rings (SSSR count). The van der Waals surface area contributed by atoms with Gasteiger partial charge >= 0.3 is 13.3 Å². The van der Waals surface area contributed by atoms with Gasteiger partial charge in [-0.05, 0) is 12.6 Å². The van der Waals surface area contributed by atoms with Gasteiger partial charge in [0.15, 0.2) is 0 Å². The number of allylic oxidation sites excluding steroid dienone is 2. The number of hydrogen-bond donors (Lipinski definition) is 1. The van der Waals surface area contributed by atoms with Crippen LogP contribution < -0.4 is 11.2 Å². The number of hydrogen-bond acceptors (Lipinski definition) is 7. The first-order valence-corrected chi connectivity index (χ1v) is 10.3. The van der Waals surface area contributed by atoms with Crippen molar-refractivity contribution in [2.75, 3.05) is 6.16 Å². The minimum Gasteiger partial charge on any atom is -0.294 e. The van der Waals surface area contributed by atoms with Crippen LogP contribution in [0.2, 0.25) is 0 Å². The Labute approximate surface area is 130 Å². The highest BCUT2D eigenvalue weighted by Crippen LogP contribution is 2.56. The molecule has 2 unspecified atom stereocenters. The summed E-state index contributed by atoms with van der Waals surface area (Å²) >= 11 is 0. The molecule has 0 spiro atoms. The fourth-order valence-electron chi connectivity index (χ4n) is 1.37. The first-order chi connectivity index (χ1) is 10.6. The van der Waals surface area contributed by atoms with E-state index in [9.17, 15) is 27.7 Å². The van der Waals surface area contributed by atoms with E-state index in [0.29, 0.717) is 6.20 Å². The standard InChI is InChI=1S/C10H12FN2O7P3/c1-21(16)19-23(18,20-22(2)17)6-4-3-5-13-7-8(11)9(14)12-10(13)15/h3-4,7H,1-2,5-6H2,(H,12,14,15)/b4-3+. The number of rotatable bonds is 8. The number of H-pyrrole nitrogens is 1. The Kier molecular flexibility index (Phi) is 7.06. The Balaban J connectivity index is 2.84. The van der Waals surface area contributed by atoms with E-state index in [1.807, 2.05) is 0 Å². The molecule has 1 heterocycles. The highest BCUT2D eigenvalue weighted by molar-refractivity contribution is 7.66. The van der Waals surface area contributed by atoms with Crippen LogP contribution in [0.4, 0.5) is 4.39 Å². The lowest BCUT2D eigenvalue weighted by molar-refractivity contribution is 0.404. The molecule has 13 heteroatoms. The molecule has 0 amide bonds. The molecule has 1 N–H and O–H groups in total. The van der Waals surface area contributed by atoms with Crippen LogP contribution in [-0.4, -0.2) is 28.3 Å². The van der Waals surface area contributed by atoms with Crippen molar-refractivity contribution < 1.29 is 26.7 Å². The lowest BCUT2D eigenvalue weighted by Crippen LogP contribution is -2.31. The average molecular weight is 384 g/mol. The van der Waals surface area contributed by atoms with E-state index < -0.39 is 46.1 Å². The third-order valence-electron chi connectivity index (χ3n) is 2.20. The highest BCUT2D eigenvalue weighted by atomic mass is 31.2. The third kappa shape index (κ3) is 6.60. The van der Waals surface area contributed by atoms with Crippen LogP contribution in [0.1, 0.15) is 0 Å². The van der Waals surface area contributed by atoms with Crippen molar-refractivity contribution in [3.05, 3.63) is 45.0 Å². The van der Waals surface area contributed by atoms with Crippen molar-refractivity contribution in [2.45, 2.75) is 6.54 Å². The minimum atomic E-state index is -3.98. The van der Waals surface area contributed by atoms with Crippen LogP contribution in [0.25, 0.3) is 0 Å². The number of nitrogens with zero attached hydrogens (tertiary/aromatic N) is 1. The molecule has 0 aromatic carbocycles. The topological polar surface area (TPSA) is 125 Å². The van der Waals surface area contributed by atoms with E-state index in [1.165, 1.54) is 12.2 Å². The fraction of sp³-hybridized carbons (Fsp3) is 0.200. The number of aromatic amines is 1. The van der Waals surface area contributed by atoms with Gasteiger partial charge in [-0.15, -0.1) is 0 Å². The SMILES string of the molecule is C=P(=O)OP(=O)(C/C=C/Cn1cc(F)c(=O)[nH]c1=O)OP(=C)=O. The van der Waals surface area contributed by atoms with Gasteiger partial charge in [0.1, 0.15) is 0 Å². The van der Waals surface area contributed by atoms with Gasteiger partial charge < -0.3 is 0 Å². The van der Waals surface area contributed by atoms with Crippen LogP contribution in [0, 0.1) is 5.82 Å². The maximum Gasteiger partial charge on any atom is 0.354 e. The number of aromatic nitrogens is 2. The quantitative estimate of drug-likeness (QED) is 0.535. The van der Waals surface area contributed by atoms with E-state index in [4.69, 9.17) is 0 Å². The van der Waals surface area contributed by atoms with Crippen LogP contribution in [-0.2, 0) is 28.9 Å². The van der Waals surface area contributed by atoms with E-state index in [0.717, 1.165) is 4.57 Å². The predicted octanol–water partition coefficient (Wildman–Crippen LogP) is 1.81. The molecule has 0 aliphatic rings. The van der Waals surface area contributed by atoms with Crippen molar-refractivity contribution in [1.29, 1.82) is 0 Å². The maximum atomic E-state index is 13.1. The summed E-state index contributed by atoms with van der Waals surface area (Å²) in [5.41, 5.74) is -1.97. The Hall–Kier alpha value is -1.56. The lowest BCUT2D eigenvalue weighted by Gasteiger charge is -2.09. The minimum absolute atomic E-state index is 0.153. The Morgan fingerprint density at radius 2 is 1.83 bits per heavy atom. The highest BCUT2D eigenvalue weighted by Gasteiger charge is 2.25. The van der Waals surface area contributed by atoms with Gasteiger partial charge in [-0.1, -0.05) is 12.2 Å². The van der Waals surface area contributed by atoms with Crippen LogP contribution in [0.5, 0.6) is 0 Å². The molecule has 2 atom stereocenters. The summed E-state index contributed by atoms with van der Waals surface area (Å²) in [6.07, 6.45) is 8.84. The monoisotopic (exact) mass is 384 g/mol. The van der Waals surface area contributed by atoms with Crippen molar-refractivity contribution in [3.8, 4) is 0 Å². The zero-order valence-corrected chi connectivity index (χ0v) is 14.3. The van der Waals surface area contributed by atoms with Gasteiger partial charge in [-0.2, -0.15) is 4.39 Å². The van der Waals surface area contributed by atoms with E-state index >= 15 is 0 Å². The van der Waals surface area contributed by atoms with Crippen molar-refractivity contribution >= 4 is 35.5 Å². The molecular weight excluding hydrogens is 372 g/mol. The normalized spacial score (nSPS) is 15.3. The third-order valence-corrected chi connectivity index (χ3v) is 6.30. The van der Waals surface area contributed by atoms with Gasteiger partial charge in [-0.3, -0.25) is 28.0 Å². The molecule has 0 saturated heterocycles. The van der Waals surface area contributed by atoms with Crippen molar-refractivity contribution in [1.82, 2.24) is 9.55 Å². The van der Waals surface area contributed by atoms with Crippen LogP contribution in [0.15, 0.2) is 27.9 Å². The molecule has 23 heavy (non-hydrogen) atoms. The molecule has 126 valence electrons. The zero-order valence-electron chi connectivity index (χ0n) is 11.6. The molecule has 1 aromatic rings. The predicted molar refractivity (Wildman–Crippen MR) is 84.5 cm³/mol. The summed E-state index contributed by atoms with van der Waals surface area (Å²) in [5.74, 6) is -1.14. The van der Waals surface area contributed by atoms with Crippen LogP contribution >= 0.6 is 22.9 Å². The van der Waals surface area contributed by atoms with E-state index in [1.54, 1.807) is 4.98 Å². The van der Waals surface area contributed by atoms with Crippen molar-refractivity contribution in [2.24, 2.45) is 0 Å². The Morgan fingerprint density at radius 3 is 2.35 bits per heavy atom. The van der Waals surface area contributed by atoms with Crippen molar-refractivity contribution in [3.63, 3.8) is 0 Å². The van der Waals surface area contributed by atoms with Gasteiger partial charge in [0, 0.05) is 6.54 Å². The van der Waals surface area contributed by atoms with Crippen LogP contribution in [0.3, 0.4) is 0 Å². The summed E-state index contributed by atoms with van der Waals surface area (Å²) in [4.78, 5) is 24.0. The second-order valence-electron chi connectivity index (χ2n) is 3.98. The first kappa shape index (κ1) is 19.5. The lowest BCUT2D eigenvalue weighted by atomic mass is 10.5. The summed E-state index contributed by atoms with van der Waals surface area (Å²) in [5, 5.41) is 0. The Morgan fingerprint density at radius 1 is 1.26 bits per heavy atom. The fourth-order valence-corrected chi connectivity index (χ4v) is 4.92. The summed E-state index contributed by atoms with van der Waals surface area (Å²) in [7, 11) is -9.02. The van der Waals surface area contributed by atoms with Gasteiger partial charge in [0.05, 0.1) is 12.4 Å². The van der Waals surface area contributed by atoms with Gasteiger partial charge in [-0.25, -0.2) is 13.4 Å². The molecule has 0 aliphatic carbocycles. The molecule has 0 bridgehead atoms. The molecule has 0 radical (unpaired) electrons. The van der Waals surface area contributed by atoms with E-state index in [2.05, 4.69) is 21.2 Å². The Bertz CT molecular complexity index is 866. The molecular formula is C10H12FN2O7P3. The second-order valence-corrected chi connectivity index (χ2v) is 8.21. The van der Waals surface area contributed by atoms with Gasteiger partial charge in [0.2, 0.25) is 21.1 Å². The molecule has 0 aliphatic heterocycles. The number of halogens is 1. The zero-order chi connectivity index (χ0) is 17.6. The molecule has 0 saturated carbocycles. The molecule has 1 aromatic heterocycles. The summed E-state index contributed by atoms with van der Waals surface area (Å²) < 4.78 is 56.9. The van der Waals surface area contributed by atoms with Gasteiger partial charge in [0.25, 0.3) is 5.56 Å². The first-order valence-electron chi connectivity index (χ1n) is 5.81.